The van der Waals surface area contributed by atoms with Gasteiger partial charge in [-0.2, -0.15) is 0 Å². The molecule has 1 aliphatic rings. The van der Waals surface area contributed by atoms with E-state index in [2.05, 4.69) is 39.5 Å². The minimum Gasteiger partial charge on any atom is -0.444 e. The van der Waals surface area contributed by atoms with E-state index in [1.54, 1.807) is 0 Å². The maximum atomic E-state index is 5.86. The van der Waals surface area contributed by atoms with E-state index < -0.39 is 0 Å². The number of aromatic nitrogens is 3. The first-order valence-electron chi connectivity index (χ1n) is 7.84. The van der Waals surface area contributed by atoms with Gasteiger partial charge in [-0.25, -0.2) is 9.97 Å². The molecule has 21 heavy (non-hydrogen) atoms. The fourth-order valence-corrected chi connectivity index (χ4v) is 3.10. The van der Waals surface area contributed by atoms with Crippen LogP contribution in [0.4, 0.5) is 0 Å². The van der Waals surface area contributed by atoms with Crippen molar-refractivity contribution in [2.75, 3.05) is 6.54 Å². The minimum atomic E-state index is 0.562. The number of rotatable bonds is 5. The second-order valence-electron chi connectivity index (χ2n) is 5.86. The van der Waals surface area contributed by atoms with Gasteiger partial charge in [-0.05, 0) is 33.2 Å². The zero-order valence-electron chi connectivity index (χ0n) is 13.2. The molecule has 1 unspecified atom stereocenters. The average Bonchev–Trinajstić information content (AvgIpc) is 3.15. The summed E-state index contributed by atoms with van der Waals surface area (Å²) in [7, 11) is 0. The van der Waals surface area contributed by atoms with Crippen LogP contribution in [0.3, 0.4) is 0 Å². The molecule has 0 amide bonds. The fourth-order valence-electron chi connectivity index (χ4n) is 3.10. The molecule has 1 fully saturated rings. The first-order chi connectivity index (χ1) is 10.2. The standard InChI is InChI=1S/C16H24N4O/c1-4-16-18-12(2)15(21-16)11-20-8-5-6-14(20)10-19-9-7-17-13(19)3/h7,9,14H,4-6,8,10-11H2,1-3H3. The number of oxazole rings is 1. The van der Waals surface area contributed by atoms with E-state index in [0.717, 1.165) is 49.2 Å². The second-order valence-corrected chi connectivity index (χ2v) is 5.86. The van der Waals surface area contributed by atoms with E-state index >= 15 is 0 Å². The lowest BCUT2D eigenvalue weighted by Gasteiger charge is -2.24. The highest BCUT2D eigenvalue weighted by Crippen LogP contribution is 2.23. The Labute approximate surface area is 126 Å². The van der Waals surface area contributed by atoms with Crippen molar-refractivity contribution in [3.63, 3.8) is 0 Å². The molecule has 1 aliphatic heterocycles. The summed E-state index contributed by atoms with van der Waals surface area (Å²) in [6.45, 7) is 9.21. The van der Waals surface area contributed by atoms with Crippen molar-refractivity contribution in [2.45, 2.75) is 59.2 Å². The Balaban J connectivity index is 1.69. The summed E-state index contributed by atoms with van der Waals surface area (Å²) >= 11 is 0. The molecular weight excluding hydrogens is 264 g/mol. The van der Waals surface area contributed by atoms with Crippen LogP contribution < -0.4 is 0 Å². The molecule has 3 rings (SSSR count). The second kappa shape index (κ2) is 6.02. The first kappa shape index (κ1) is 14.3. The number of hydrogen-bond acceptors (Lipinski definition) is 4. The molecule has 0 aromatic carbocycles. The van der Waals surface area contributed by atoms with Gasteiger partial charge in [0.15, 0.2) is 5.89 Å². The van der Waals surface area contributed by atoms with Gasteiger partial charge in [0, 0.05) is 31.4 Å². The van der Waals surface area contributed by atoms with Crippen LogP contribution in [0.5, 0.6) is 0 Å². The molecule has 5 heteroatoms. The third-order valence-electron chi connectivity index (χ3n) is 4.42. The van der Waals surface area contributed by atoms with Gasteiger partial charge in [-0.15, -0.1) is 0 Å². The Kier molecular flexibility index (Phi) is 4.10. The topological polar surface area (TPSA) is 47.1 Å². The summed E-state index contributed by atoms with van der Waals surface area (Å²) in [6, 6.07) is 0.562. The predicted octanol–water partition coefficient (Wildman–Crippen LogP) is 2.71. The van der Waals surface area contributed by atoms with Crippen LogP contribution >= 0.6 is 0 Å². The highest BCUT2D eigenvalue weighted by molar-refractivity contribution is 5.08. The Morgan fingerprint density at radius 2 is 2.24 bits per heavy atom. The molecule has 0 N–H and O–H groups in total. The summed E-state index contributed by atoms with van der Waals surface area (Å²) < 4.78 is 8.10. The van der Waals surface area contributed by atoms with Gasteiger partial charge in [0.1, 0.15) is 11.6 Å². The Bertz CT molecular complexity index is 601. The van der Waals surface area contributed by atoms with Gasteiger partial charge in [0.25, 0.3) is 0 Å². The van der Waals surface area contributed by atoms with Gasteiger partial charge in [0.05, 0.1) is 12.2 Å². The van der Waals surface area contributed by atoms with Crippen molar-refractivity contribution >= 4 is 0 Å². The number of likely N-dealkylation sites (tertiary alicyclic amines) is 1. The quantitative estimate of drug-likeness (QED) is 0.848. The molecule has 0 saturated carbocycles. The summed E-state index contributed by atoms with van der Waals surface area (Å²) in [6.07, 6.45) is 7.31. The van der Waals surface area contributed by atoms with Crippen LogP contribution in [0.25, 0.3) is 0 Å². The zero-order chi connectivity index (χ0) is 14.8. The molecule has 0 spiro atoms. The SMILES string of the molecule is CCc1nc(C)c(CN2CCCC2Cn2ccnc2C)o1. The van der Waals surface area contributed by atoms with Crippen molar-refractivity contribution in [1.29, 1.82) is 0 Å². The molecule has 114 valence electrons. The Morgan fingerprint density at radius 1 is 1.38 bits per heavy atom. The summed E-state index contributed by atoms with van der Waals surface area (Å²) in [5.41, 5.74) is 1.04. The van der Waals surface area contributed by atoms with E-state index in [1.165, 1.54) is 12.8 Å². The molecule has 1 saturated heterocycles. The van der Waals surface area contributed by atoms with Crippen LogP contribution in [-0.2, 0) is 19.5 Å². The van der Waals surface area contributed by atoms with Crippen molar-refractivity contribution in [3.8, 4) is 0 Å². The lowest BCUT2D eigenvalue weighted by Crippen LogP contribution is -2.32. The first-order valence-corrected chi connectivity index (χ1v) is 7.84. The van der Waals surface area contributed by atoms with Crippen LogP contribution in [0.2, 0.25) is 0 Å². The Morgan fingerprint density at radius 3 is 2.90 bits per heavy atom. The number of hydrogen-bond donors (Lipinski definition) is 0. The van der Waals surface area contributed by atoms with Crippen LogP contribution in [0.15, 0.2) is 16.8 Å². The van der Waals surface area contributed by atoms with Gasteiger partial charge in [0.2, 0.25) is 0 Å². The van der Waals surface area contributed by atoms with E-state index in [4.69, 9.17) is 4.42 Å². The smallest absolute Gasteiger partial charge is 0.194 e. The molecule has 0 aliphatic carbocycles. The van der Waals surface area contributed by atoms with Crippen molar-refractivity contribution in [2.24, 2.45) is 0 Å². The van der Waals surface area contributed by atoms with E-state index in [1.807, 2.05) is 13.1 Å². The predicted molar refractivity (Wildman–Crippen MR) is 81.0 cm³/mol. The van der Waals surface area contributed by atoms with Crippen LogP contribution in [-0.4, -0.2) is 32.0 Å². The van der Waals surface area contributed by atoms with Gasteiger partial charge in [-0.3, -0.25) is 4.90 Å². The molecule has 0 bridgehead atoms. The third-order valence-corrected chi connectivity index (χ3v) is 4.42. The highest BCUT2D eigenvalue weighted by Gasteiger charge is 2.26. The molecule has 0 radical (unpaired) electrons. The number of imidazole rings is 1. The highest BCUT2D eigenvalue weighted by atomic mass is 16.4. The normalized spacial score (nSPS) is 19.5. The maximum absolute atomic E-state index is 5.86. The van der Waals surface area contributed by atoms with Gasteiger partial charge < -0.3 is 8.98 Å². The van der Waals surface area contributed by atoms with Crippen molar-refractivity contribution < 1.29 is 4.42 Å². The van der Waals surface area contributed by atoms with Gasteiger partial charge >= 0.3 is 0 Å². The van der Waals surface area contributed by atoms with E-state index in [9.17, 15) is 0 Å². The maximum Gasteiger partial charge on any atom is 0.194 e. The van der Waals surface area contributed by atoms with Crippen LogP contribution in [0, 0.1) is 13.8 Å². The lowest BCUT2D eigenvalue weighted by molar-refractivity contribution is 0.205. The zero-order valence-corrected chi connectivity index (χ0v) is 13.2. The van der Waals surface area contributed by atoms with E-state index in [0.29, 0.717) is 6.04 Å². The number of nitrogens with zero attached hydrogens (tertiary/aromatic N) is 4. The molecule has 1 atom stereocenters. The summed E-state index contributed by atoms with van der Waals surface area (Å²) in [4.78, 5) is 11.3. The molecular formula is C16H24N4O. The third kappa shape index (κ3) is 3.02. The summed E-state index contributed by atoms with van der Waals surface area (Å²) in [5.74, 6) is 2.97. The van der Waals surface area contributed by atoms with Crippen molar-refractivity contribution in [3.05, 3.63) is 35.6 Å². The van der Waals surface area contributed by atoms with Crippen LogP contribution in [0.1, 0.15) is 42.9 Å². The summed E-state index contributed by atoms with van der Waals surface area (Å²) in [5, 5.41) is 0. The molecule has 3 heterocycles. The monoisotopic (exact) mass is 288 g/mol. The molecule has 2 aromatic rings. The average molecular weight is 288 g/mol. The lowest BCUT2D eigenvalue weighted by atomic mass is 10.2. The minimum absolute atomic E-state index is 0.562. The number of aryl methyl sites for hydroxylation is 3. The molecule has 5 nitrogen and oxygen atoms in total. The van der Waals surface area contributed by atoms with E-state index in [-0.39, 0.29) is 0 Å². The van der Waals surface area contributed by atoms with Crippen molar-refractivity contribution in [1.82, 2.24) is 19.4 Å². The Hall–Kier alpha value is -1.62. The fraction of sp³-hybridized carbons (Fsp3) is 0.625. The largest absolute Gasteiger partial charge is 0.444 e. The molecule has 2 aromatic heterocycles. The van der Waals surface area contributed by atoms with Gasteiger partial charge in [-0.1, -0.05) is 6.92 Å².